The van der Waals surface area contributed by atoms with E-state index in [1.807, 2.05) is 0 Å². The van der Waals surface area contributed by atoms with Crippen molar-refractivity contribution in [2.24, 2.45) is 28.6 Å². The Morgan fingerprint density at radius 1 is 1.00 bits per heavy atom. The van der Waals surface area contributed by atoms with Gasteiger partial charge in [0, 0.05) is 5.41 Å². The fourth-order valence-corrected chi connectivity index (χ4v) is 6.37. The van der Waals surface area contributed by atoms with E-state index in [2.05, 4.69) is 13.8 Å². The molecule has 1 nitrogen and oxygen atoms in total. The Hall–Kier alpha value is -0.0400. The molecule has 0 radical (unpaired) electrons. The van der Waals surface area contributed by atoms with Gasteiger partial charge < -0.3 is 5.11 Å². The van der Waals surface area contributed by atoms with Crippen LogP contribution in [0.15, 0.2) is 0 Å². The minimum atomic E-state index is -0.258. The van der Waals surface area contributed by atoms with Crippen LogP contribution in [0, 0.1) is 28.6 Å². The molecule has 5 aliphatic carbocycles. The third-order valence-electron chi connectivity index (χ3n) is 6.54. The van der Waals surface area contributed by atoms with Crippen LogP contribution in [0.1, 0.15) is 58.8 Å². The molecular formula is C15H24O. The van der Waals surface area contributed by atoms with Gasteiger partial charge in [-0.2, -0.15) is 0 Å². The number of rotatable bonds is 1. The maximum absolute atomic E-state index is 10.9. The monoisotopic (exact) mass is 220 g/mol. The third kappa shape index (κ3) is 1.02. The van der Waals surface area contributed by atoms with Gasteiger partial charge in [0.2, 0.25) is 0 Å². The molecule has 5 fully saturated rings. The largest absolute Gasteiger partial charge is 0.389 e. The third-order valence-corrected chi connectivity index (χ3v) is 6.54. The van der Waals surface area contributed by atoms with Gasteiger partial charge in [-0.15, -0.1) is 0 Å². The highest BCUT2D eigenvalue weighted by molar-refractivity contribution is 5.20. The average Bonchev–Trinajstić information content (AvgIpc) is 2.71. The molecule has 16 heavy (non-hydrogen) atoms. The van der Waals surface area contributed by atoms with Crippen LogP contribution in [0.3, 0.4) is 0 Å². The summed E-state index contributed by atoms with van der Waals surface area (Å²) in [4.78, 5) is 0. The predicted octanol–water partition coefficient (Wildman–Crippen LogP) is 3.36. The first kappa shape index (κ1) is 9.94. The molecule has 5 rings (SSSR count). The van der Waals surface area contributed by atoms with E-state index in [1.165, 1.54) is 38.5 Å². The Bertz CT molecular complexity index is 333. The summed E-state index contributed by atoms with van der Waals surface area (Å²) in [6.45, 7) is 4.75. The van der Waals surface area contributed by atoms with E-state index in [9.17, 15) is 5.11 Å². The lowest BCUT2D eigenvalue weighted by Gasteiger charge is -2.63. The van der Waals surface area contributed by atoms with Crippen molar-refractivity contribution >= 4 is 0 Å². The SMILES string of the molecule is CC1CC1(O)C12CC3CC(CC(C)(C3)C1)C2. The molecule has 0 aromatic carbocycles. The van der Waals surface area contributed by atoms with E-state index in [0.717, 1.165) is 18.3 Å². The lowest BCUT2D eigenvalue weighted by molar-refractivity contribution is -0.168. The maximum atomic E-state index is 10.9. The van der Waals surface area contributed by atoms with Crippen LogP contribution in [0.5, 0.6) is 0 Å². The second-order valence-corrected chi connectivity index (χ2v) is 8.08. The average molecular weight is 220 g/mol. The fraction of sp³-hybridized carbons (Fsp3) is 1.00. The standard InChI is InChI=1S/C15H24O/c1-10-4-15(10,16)14-7-11-3-12(8-14)6-13(2,5-11)9-14/h10-12,16H,3-9H2,1-2H3. The van der Waals surface area contributed by atoms with Gasteiger partial charge in [-0.1, -0.05) is 13.8 Å². The summed E-state index contributed by atoms with van der Waals surface area (Å²) in [6, 6.07) is 0. The summed E-state index contributed by atoms with van der Waals surface area (Å²) >= 11 is 0. The zero-order valence-corrected chi connectivity index (χ0v) is 10.6. The highest BCUT2D eigenvalue weighted by Gasteiger charge is 2.69. The topological polar surface area (TPSA) is 20.2 Å². The summed E-state index contributed by atoms with van der Waals surface area (Å²) < 4.78 is 0. The second-order valence-electron chi connectivity index (χ2n) is 8.08. The van der Waals surface area contributed by atoms with E-state index < -0.39 is 0 Å². The smallest absolute Gasteiger partial charge is 0.0734 e. The molecule has 4 atom stereocenters. The van der Waals surface area contributed by atoms with Gasteiger partial charge in [0.15, 0.2) is 0 Å². The Morgan fingerprint density at radius 3 is 2.00 bits per heavy atom. The molecule has 0 saturated heterocycles. The van der Waals surface area contributed by atoms with Crippen molar-refractivity contribution < 1.29 is 5.11 Å². The molecule has 1 heteroatoms. The summed E-state index contributed by atoms with van der Waals surface area (Å²) in [5.74, 6) is 2.47. The Morgan fingerprint density at radius 2 is 1.56 bits per heavy atom. The highest BCUT2D eigenvalue weighted by Crippen LogP contribution is 2.73. The lowest BCUT2D eigenvalue weighted by Crippen LogP contribution is -2.56. The van der Waals surface area contributed by atoms with E-state index in [-0.39, 0.29) is 5.60 Å². The van der Waals surface area contributed by atoms with Crippen LogP contribution in [-0.4, -0.2) is 10.7 Å². The van der Waals surface area contributed by atoms with Gasteiger partial charge in [-0.3, -0.25) is 0 Å². The molecule has 0 aromatic heterocycles. The van der Waals surface area contributed by atoms with Crippen molar-refractivity contribution in [3.63, 3.8) is 0 Å². The lowest BCUT2D eigenvalue weighted by atomic mass is 9.42. The summed E-state index contributed by atoms with van der Waals surface area (Å²) in [6.07, 6.45) is 9.49. The quantitative estimate of drug-likeness (QED) is 0.718. The molecule has 4 bridgehead atoms. The fourth-order valence-electron chi connectivity index (χ4n) is 6.37. The number of aliphatic hydroxyl groups is 1. The zero-order chi connectivity index (χ0) is 11.2. The normalized spacial score (nSPS) is 67.3. The van der Waals surface area contributed by atoms with Crippen molar-refractivity contribution in [3.05, 3.63) is 0 Å². The molecule has 5 saturated carbocycles. The van der Waals surface area contributed by atoms with E-state index >= 15 is 0 Å². The van der Waals surface area contributed by atoms with E-state index in [4.69, 9.17) is 0 Å². The molecule has 1 N–H and O–H groups in total. The Kier molecular flexibility index (Phi) is 1.57. The van der Waals surface area contributed by atoms with Crippen LogP contribution >= 0.6 is 0 Å². The van der Waals surface area contributed by atoms with Gasteiger partial charge >= 0.3 is 0 Å². The van der Waals surface area contributed by atoms with Crippen molar-refractivity contribution in [1.29, 1.82) is 0 Å². The molecule has 5 aliphatic rings. The molecule has 0 heterocycles. The first-order chi connectivity index (χ1) is 7.45. The van der Waals surface area contributed by atoms with Crippen molar-refractivity contribution in [1.82, 2.24) is 0 Å². The van der Waals surface area contributed by atoms with Crippen LogP contribution < -0.4 is 0 Å². The molecule has 4 unspecified atom stereocenters. The second kappa shape index (κ2) is 2.53. The minimum Gasteiger partial charge on any atom is -0.389 e. The van der Waals surface area contributed by atoms with Crippen LogP contribution in [0.4, 0.5) is 0 Å². The maximum Gasteiger partial charge on any atom is 0.0734 e. The first-order valence-electron chi connectivity index (χ1n) is 7.17. The molecular weight excluding hydrogens is 196 g/mol. The minimum absolute atomic E-state index is 0.258. The first-order valence-corrected chi connectivity index (χ1v) is 7.17. The zero-order valence-electron chi connectivity index (χ0n) is 10.6. The van der Waals surface area contributed by atoms with Crippen LogP contribution in [-0.2, 0) is 0 Å². The molecule has 0 spiro atoms. The van der Waals surface area contributed by atoms with Gasteiger partial charge in [-0.05, 0) is 68.1 Å². The van der Waals surface area contributed by atoms with Gasteiger partial charge in [-0.25, -0.2) is 0 Å². The van der Waals surface area contributed by atoms with Crippen LogP contribution in [0.2, 0.25) is 0 Å². The Balaban J connectivity index is 1.75. The number of hydrogen-bond donors (Lipinski definition) is 1. The molecule has 0 amide bonds. The van der Waals surface area contributed by atoms with Gasteiger partial charge in [0.05, 0.1) is 5.60 Å². The van der Waals surface area contributed by atoms with Crippen molar-refractivity contribution in [3.8, 4) is 0 Å². The summed E-state index contributed by atoms with van der Waals surface area (Å²) in [7, 11) is 0. The van der Waals surface area contributed by atoms with E-state index in [1.54, 1.807) is 0 Å². The summed E-state index contributed by atoms with van der Waals surface area (Å²) in [5, 5.41) is 10.9. The summed E-state index contributed by atoms with van der Waals surface area (Å²) in [5.41, 5.74) is 0.666. The van der Waals surface area contributed by atoms with Gasteiger partial charge in [0.25, 0.3) is 0 Å². The predicted molar refractivity (Wildman–Crippen MR) is 64.0 cm³/mol. The Labute approximate surface area is 98.6 Å². The van der Waals surface area contributed by atoms with E-state index in [0.29, 0.717) is 16.7 Å². The highest BCUT2D eigenvalue weighted by atomic mass is 16.3. The van der Waals surface area contributed by atoms with Crippen molar-refractivity contribution in [2.45, 2.75) is 64.4 Å². The molecule has 0 aromatic rings. The van der Waals surface area contributed by atoms with Crippen LogP contribution in [0.25, 0.3) is 0 Å². The van der Waals surface area contributed by atoms with Crippen molar-refractivity contribution in [2.75, 3.05) is 0 Å². The van der Waals surface area contributed by atoms with Gasteiger partial charge in [0.1, 0.15) is 0 Å². The molecule has 90 valence electrons. The molecule has 0 aliphatic heterocycles. The number of hydrogen-bond acceptors (Lipinski definition) is 1.